The van der Waals surface area contributed by atoms with Crippen LogP contribution >= 0.6 is 11.8 Å². The Labute approximate surface area is 151 Å². The lowest BCUT2D eigenvalue weighted by atomic mass is 9.81. The van der Waals surface area contributed by atoms with Crippen LogP contribution in [0.3, 0.4) is 0 Å². The molecule has 0 saturated carbocycles. The Morgan fingerprint density at radius 3 is 2.96 bits per heavy atom. The maximum atomic E-state index is 13.8. The second-order valence-corrected chi connectivity index (χ2v) is 7.81. The fraction of sp³-hybridized carbons (Fsp3) is 0.444. The monoisotopic (exact) mass is 359 g/mol. The van der Waals surface area contributed by atoms with Crippen molar-refractivity contribution in [2.45, 2.75) is 24.4 Å². The van der Waals surface area contributed by atoms with Gasteiger partial charge in [-0.3, -0.25) is 5.32 Å². The summed E-state index contributed by atoms with van der Waals surface area (Å²) in [5.74, 6) is 1.62. The normalized spacial score (nSPS) is 28.8. The second-order valence-electron chi connectivity index (χ2n) is 6.63. The summed E-state index contributed by atoms with van der Waals surface area (Å²) in [5.41, 5.74) is 7.59. The Balaban J connectivity index is 1.71. The highest BCUT2D eigenvalue weighted by atomic mass is 32.2. The van der Waals surface area contributed by atoms with Gasteiger partial charge >= 0.3 is 0 Å². The van der Waals surface area contributed by atoms with Gasteiger partial charge in [0.1, 0.15) is 5.50 Å². The molecule has 4 rings (SSSR count). The maximum absolute atomic E-state index is 13.8. The summed E-state index contributed by atoms with van der Waals surface area (Å²) in [5, 5.41) is 3.62. The van der Waals surface area contributed by atoms with Gasteiger partial charge in [-0.2, -0.15) is 0 Å². The number of fused-ring (bicyclic) bond motifs is 1. The second kappa shape index (κ2) is 6.55. The SMILES string of the molecule is CCc1nc(N2C[C@H]3CSC(N)N[C@@]3(c3ccccc3)C2)ncc1F. The number of halogens is 1. The van der Waals surface area contributed by atoms with Crippen molar-refractivity contribution in [3.63, 3.8) is 0 Å². The topological polar surface area (TPSA) is 67.1 Å². The van der Waals surface area contributed by atoms with Gasteiger partial charge in [0, 0.05) is 24.8 Å². The lowest BCUT2D eigenvalue weighted by molar-refractivity contribution is 0.274. The third-order valence-corrected chi connectivity index (χ3v) is 6.24. The molecule has 2 fully saturated rings. The molecule has 3 N–H and O–H groups in total. The number of nitrogens with two attached hydrogens (primary N) is 1. The molecule has 0 bridgehead atoms. The van der Waals surface area contributed by atoms with Crippen molar-refractivity contribution in [2.24, 2.45) is 11.7 Å². The molecule has 3 heterocycles. The Morgan fingerprint density at radius 2 is 2.20 bits per heavy atom. The highest BCUT2D eigenvalue weighted by Crippen LogP contribution is 2.43. The Hall–Kier alpha value is -1.70. The first-order valence-corrected chi connectivity index (χ1v) is 9.64. The number of hydrogen-bond donors (Lipinski definition) is 2. The van der Waals surface area contributed by atoms with Gasteiger partial charge < -0.3 is 10.6 Å². The first-order valence-electron chi connectivity index (χ1n) is 8.59. The predicted molar refractivity (Wildman–Crippen MR) is 98.8 cm³/mol. The van der Waals surface area contributed by atoms with Crippen molar-refractivity contribution in [3.05, 3.63) is 53.6 Å². The van der Waals surface area contributed by atoms with E-state index in [0.29, 0.717) is 24.0 Å². The van der Waals surface area contributed by atoms with Gasteiger partial charge in [0.15, 0.2) is 5.82 Å². The molecule has 1 unspecified atom stereocenters. The number of nitrogens with one attached hydrogen (secondary N) is 1. The van der Waals surface area contributed by atoms with Crippen LogP contribution in [0.1, 0.15) is 18.2 Å². The molecule has 5 nitrogen and oxygen atoms in total. The van der Waals surface area contributed by atoms with Crippen molar-refractivity contribution in [2.75, 3.05) is 23.7 Å². The van der Waals surface area contributed by atoms with Gasteiger partial charge in [-0.05, 0) is 12.0 Å². The van der Waals surface area contributed by atoms with E-state index in [1.807, 2.05) is 13.0 Å². The molecule has 3 atom stereocenters. The number of anilines is 1. The zero-order valence-corrected chi connectivity index (χ0v) is 15.0. The van der Waals surface area contributed by atoms with Crippen molar-refractivity contribution < 1.29 is 4.39 Å². The number of hydrogen-bond acceptors (Lipinski definition) is 6. The van der Waals surface area contributed by atoms with Crippen LogP contribution in [0.2, 0.25) is 0 Å². The van der Waals surface area contributed by atoms with E-state index >= 15 is 0 Å². The third-order valence-electron chi connectivity index (χ3n) is 5.17. The molecule has 1 aromatic heterocycles. The van der Waals surface area contributed by atoms with E-state index in [-0.39, 0.29) is 16.9 Å². The maximum Gasteiger partial charge on any atom is 0.225 e. The number of thioether (sulfide) groups is 1. The van der Waals surface area contributed by atoms with Crippen molar-refractivity contribution in [1.29, 1.82) is 0 Å². The summed E-state index contributed by atoms with van der Waals surface area (Å²) in [6.45, 7) is 3.46. The standard InChI is InChI=1S/C18H22FN5S/c1-2-15-14(19)8-21-17(22-15)24-9-13-10-25-16(20)23-18(13,11-24)12-6-4-3-5-7-12/h3-8,13,16,23H,2,9-11,20H2,1H3/t13-,16?,18+/m0/s1. The van der Waals surface area contributed by atoms with Crippen LogP contribution in [-0.2, 0) is 12.0 Å². The molecule has 0 radical (unpaired) electrons. The molecule has 2 saturated heterocycles. The van der Waals surface area contributed by atoms with Crippen molar-refractivity contribution >= 4 is 17.7 Å². The van der Waals surface area contributed by atoms with Gasteiger partial charge in [-0.1, -0.05) is 37.3 Å². The summed E-state index contributed by atoms with van der Waals surface area (Å²) < 4.78 is 13.8. The lowest BCUT2D eigenvalue weighted by Crippen LogP contribution is -2.59. The van der Waals surface area contributed by atoms with Crippen LogP contribution in [0.4, 0.5) is 10.3 Å². The number of nitrogens with zero attached hydrogens (tertiary/aromatic N) is 3. The summed E-state index contributed by atoms with van der Waals surface area (Å²) in [6, 6.07) is 10.4. The molecule has 1 aromatic carbocycles. The van der Waals surface area contributed by atoms with Crippen molar-refractivity contribution in [1.82, 2.24) is 15.3 Å². The molecule has 132 valence electrons. The molecule has 0 spiro atoms. The first kappa shape index (κ1) is 16.8. The minimum absolute atomic E-state index is 0.100. The Morgan fingerprint density at radius 1 is 1.40 bits per heavy atom. The fourth-order valence-corrected chi connectivity index (χ4v) is 5.00. The minimum atomic E-state index is -0.337. The number of rotatable bonds is 3. The zero-order chi connectivity index (χ0) is 17.4. The van der Waals surface area contributed by atoms with Gasteiger partial charge in [0.2, 0.25) is 5.95 Å². The predicted octanol–water partition coefficient (Wildman–Crippen LogP) is 2.09. The summed E-state index contributed by atoms with van der Waals surface area (Å²) in [4.78, 5) is 10.8. The number of aryl methyl sites for hydroxylation is 1. The van der Waals surface area contributed by atoms with Crippen LogP contribution < -0.4 is 16.0 Å². The minimum Gasteiger partial charge on any atom is -0.338 e. The average Bonchev–Trinajstić information content (AvgIpc) is 3.03. The van der Waals surface area contributed by atoms with E-state index in [9.17, 15) is 4.39 Å². The van der Waals surface area contributed by atoms with Gasteiger partial charge in [0.25, 0.3) is 0 Å². The zero-order valence-electron chi connectivity index (χ0n) is 14.2. The molecule has 2 aromatic rings. The van der Waals surface area contributed by atoms with Crippen LogP contribution in [0.25, 0.3) is 0 Å². The van der Waals surface area contributed by atoms with E-state index < -0.39 is 0 Å². The molecule has 25 heavy (non-hydrogen) atoms. The van der Waals surface area contributed by atoms with Crippen LogP contribution in [0, 0.1) is 11.7 Å². The van der Waals surface area contributed by atoms with Gasteiger partial charge in [-0.15, -0.1) is 11.8 Å². The van der Waals surface area contributed by atoms with Gasteiger partial charge in [-0.25, -0.2) is 14.4 Å². The lowest BCUT2D eigenvalue weighted by Gasteiger charge is -2.42. The number of benzene rings is 1. The largest absolute Gasteiger partial charge is 0.338 e. The van der Waals surface area contributed by atoms with Gasteiger partial charge in [0.05, 0.1) is 17.4 Å². The summed E-state index contributed by atoms with van der Waals surface area (Å²) in [6.07, 6.45) is 1.84. The molecule has 7 heteroatoms. The summed E-state index contributed by atoms with van der Waals surface area (Å²) >= 11 is 1.73. The number of aromatic nitrogens is 2. The van der Waals surface area contributed by atoms with E-state index in [4.69, 9.17) is 5.73 Å². The average molecular weight is 359 g/mol. The first-order chi connectivity index (χ1) is 12.1. The Kier molecular flexibility index (Phi) is 4.39. The van der Waals surface area contributed by atoms with E-state index in [1.54, 1.807) is 11.8 Å². The van der Waals surface area contributed by atoms with Crippen LogP contribution in [0.5, 0.6) is 0 Å². The Bertz CT molecular complexity index is 758. The smallest absolute Gasteiger partial charge is 0.225 e. The molecular formula is C18H22FN5S. The van der Waals surface area contributed by atoms with E-state index in [1.165, 1.54) is 11.8 Å². The van der Waals surface area contributed by atoms with E-state index in [2.05, 4.69) is 44.5 Å². The fourth-order valence-electron chi connectivity index (χ4n) is 3.88. The molecular weight excluding hydrogens is 337 g/mol. The van der Waals surface area contributed by atoms with Crippen LogP contribution in [-0.4, -0.2) is 34.3 Å². The molecule has 0 aliphatic carbocycles. The molecule has 2 aliphatic rings. The van der Waals surface area contributed by atoms with E-state index in [0.717, 1.165) is 18.8 Å². The van der Waals surface area contributed by atoms with Crippen molar-refractivity contribution in [3.8, 4) is 0 Å². The molecule has 0 amide bonds. The van der Waals surface area contributed by atoms with Crippen LogP contribution in [0.15, 0.2) is 36.5 Å². The highest BCUT2D eigenvalue weighted by molar-refractivity contribution is 7.99. The highest BCUT2D eigenvalue weighted by Gasteiger charge is 2.51. The third kappa shape index (κ3) is 2.90. The molecule has 2 aliphatic heterocycles. The summed E-state index contributed by atoms with van der Waals surface area (Å²) in [7, 11) is 0. The quantitative estimate of drug-likeness (QED) is 0.875.